The van der Waals surface area contributed by atoms with E-state index in [1.54, 1.807) is 54.9 Å². The molecule has 33 heavy (non-hydrogen) atoms. The number of nitrogens with one attached hydrogen (secondary N) is 1. The standard InChI is InChI=1S/C24H32N2O6S/c1-30-21-15-19(16-22(31-2)24(21)32-3)17-25-23(27)12-9-18-7-10-20(11-8-18)33(28,29)26-13-5-4-6-14-26/h7-8,10-11,15-16H,4-6,9,12-14,17H2,1-3H3,(H,25,27). The highest BCUT2D eigenvalue weighted by atomic mass is 32.2. The molecule has 180 valence electrons. The number of carbonyl (C=O) groups is 1. The summed E-state index contributed by atoms with van der Waals surface area (Å²) in [6, 6.07) is 10.4. The number of amides is 1. The highest BCUT2D eigenvalue weighted by molar-refractivity contribution is 7.89. The van der Waals surface area contributed by atoms with Gasteiger partial charge in [-0.25, -0.2) is 8.42 Å². The van der Waals surface area contributed by atoms with Crippen molar-refractivity contribution >= 4 is 15.9 Å². The van der Waals surface area contributed by atoms with Gasteiger partial charge in [0.15, 0.2) is 11.5 Å². The minimum absolute atomic E-state index is 0.103. The van der Waals surface area contributed by atoms with Crippen molar-refractivity contribution < 1.29 is 27.4 Å². The molecule has 3 rings (SSSR count). The second kappa shape index (κ2) is 11.4. The maximum atomic E-state index is 12.8. The predicted molar refractivity (Wildman–Crippen MR) is 125 cm³/mol. The van der Waals surface area contributed by atoms with Crippen LogP contribution in [0.2, 0.25) is 0 Å². The zero-order valence-electron chi connectivity index (χ0n) is 19.4. The van der Waals surface area contributed by atoms with Crippen molar-refractivity contribution in [3.05, 3.63) is 47.5 Å². The van der Waals surface area contributed by atoms with E-state index >= 15 is 0 Å². The maximum absolute atomic E-state index is 12.8. The van der Waals surface area contributed by atoms with Crippen LogP contribution in [0.5, 0.6) is 17.2 Å². The Morgan fingerprint density at radius 1 is 0.909 bits per heavy atom. The minimum atomic E-state index is -3.44. The van der Waals surface area contributed by atoms with E-state index in [0.29, 0.717) is 54.6 Å². The number of carbonyl (C=O) groups excluding carboxylic acids is 1. The van der Waals surface area contributed by atoms with Crippen LogP contribution in [-0.4, -0.2) is 53.0 Å². The minimum Gasteiger partial charge on any atom is -0.493 e. The highest BCUT2D eigenvalue weighted by Crippen LogP contribution is 2.38. The average molecular weight is 477 g/mol. The normalized spacial score (nSPS) is 14.5. The Morgan fingerprint density at radius 2 is 1.52 bits per heavy atom. The molecule has 0 aliphatic carbocycles. The molecule has 0 saturated carbocycles. The third kappa shape index (κ3) is 6.17. The molecule has 1 aliphatic heterocycles. The molecule has 2 aromatic rings. The molecule has 1 amide bonds. The molecule has 0 atom stereocenters. The van der Waals surface area contributed by atoms with Gasteiger partial charge in [-0.3, -0.25) is 4.79 Å². The first-order chi connectivity index (χ1) is 15.9. The Labute approximate surface area is 195 Å². The largest absolute Gasteiger partial charge is 0.493 e. The molecule has 1 fully saturated rings. The number of methoxy groups -OCH3 is 3. The SMILES string of the molecule is COc1cc(CNC(=O)CCc2ccc(S(=O)(=O)N3CCCCC3)cc2)cc(OC)c1OC. The molecule has 1 heterocycles. The zero-order valence-corrected chi connectivity index (χ0v) is 20.2. The summed E-state index contributed by atoms with van der Waals surface area (Å²) in [7, 11) is 1.19. The van der Waals surface area contributed by atoms with Crippen LogP contribution >= 0.6 is 0 Å². The number of sulfonamides is 1. The molecule has 1 N–H and O–H groups in total. The summed E-state index contributed by atoms with van der Waals surface area (Å²) in [5.41, 5.74) is 1.74. The van der Waals surface area contributed by atoms with Crippen molar-refractivity contribution in [2.75, 3.05) is 34.4 Å². The Hall–Kier alpha value is -2.78. The number of benzene rings is 2. The van der Waals surface area contributed by atoms with Crippen molar-refractivity contribution in [3.63, 3.8) is 0 Å². The van der Waals surface area contributed by atoms with Crippen LogP contribution in [-0.2, 0) is 27.8 Å². The first-order valence-corrected chi connectivity index (χ1v) is 12.5. The van der Waals surface area contributed by atoms with Gasteiger partial charge in [0.05, 0.1) is 26.2 Å². The third-order valence-corrected chi connectivity index (χ3v) is 7.64. The predicted octanol–water partition coefficient (Wildman–Crippen LogP) is 3.14. The number of aryl methyl sites for hydroxylation is 1. The van der Waals surface area contributed by atoms with E-state index in [1.165, 1.54) is 7.11 Å². The van der Waals surface area contributed by atoms with E-state index in [9.17, 15) is 13.2 Å². The van der Waals surface area contributed by atoms with E-state index in [4.69, 9.17) is 14.2 Å². The molecule has 1 saturated heterocycles. The van der Waals surface area contributed by atoms with Crippen molar-refractivity contribution in [1.82, 2.24) is 9.62 Å². The quantitative estimate of drug-likeness (QED) is 0.566. The highest BCUT2D eigenvalue weighted by Gasteiger charge is 2.25. The Bertz CT molecular complexity index is 1020. The van der Waals surface area contributed by atoms with Gasteiger partial charge in [-0.1, -0.05) is 18.6 Å². The van der Waals surface area contributed by atoms with Crippen molar-refractivity contribution in [2.24, 2.45) is 0 Å². The Kier molecular flexibility index (Phi) is 8.57. The lowest BCUT2D eigenvalue weighted by Crippen LogP contribution is -2.35. The third-order valence-electron chi connectivity index (χ3n) is 5.73. The fraction of sp³-hybridized carbons (Fsp3) is 0.458. The number of hydrogen-bond acceptors (Lipinski definition) is 6. The first-order valence-electron chi connectivity index (χ1n) is 11.0. The molecule has 9 heteroatoms. The molecule has 0 radical (unpaired) electrons. The summed E-state index contributed by atoms with van der Waals surface area (Å²) in [4.78, 5) is 12.7. The smallest absolute Gasteiger partial charge is 0.243 e. The molecule has 1 aliphatic rings. The average Bonchev–Trinajstić information content (AvgIpc) is 2.86. The summed E-state index contributed by atoms with van der Waals surface area (Å²) >= 11 is 0. The number of ether oxygens (including phenoxy) is 3. The summed E-state index contributed by atoms with van der Waals surface area (Å²) < 4.78 is 43.1. The molecule has 2 aromatic carbocycles. The maximum Gasteiger partial charge on any atom is 0.243 e. The molecule has 0 bridgehead atoms. The fourth-order valence-electron chi connectivity index (χ4n) is 3.87. The lowest BCUT2D eigenvalue weighted by Gasteiger charge is -2.25. The molecule has 0 aromatic heterocycles. The van der Waals surface area contributed by atoms with Crippen LogP contribution in [0.15, 0.2) is 41.3 Å². The number of hydrogen-bond donors (Lipinski definition) is 1. The summed E-state index contributed by atoms with van der Waals surface area (Å²) in [6.07, 6.45) is 3.70. The van der Waals surface area contributed by atoms with Crippen LogP contribution in [0.3, 0.4) is 0 Å². The number of rotatable bonds is 10. The van der Waals surface area contributed by atoms with E-state index < -0.39 is 10.0 Å². The van der Waals surface area contributed by atoms with Gasteiger partial charge in [-0.05, 0) is 54.7 Å². The zero-order chi connectivity index (χ0) is 23.8. The summed E-state index contributed by atoms with van der Waals surface area (Å²) in [5.74, 6) is 1.45. The molecular formula is C24H32N2O6S. The Balaban J connectivity index is 1.54. The van der Waals surface area contributed by atoms with Gasteiger partial charge in [0.1, 0.15) is 0 Å². The van der Waals surface area contributed by atoms with Crippen molar-refractivity contribution in [2.45, 2.75) is 43.5 Å². The fourth-order valence-corrected chi connectivity index (χ4v) is 5.38. The van der Waals surface area contributed by atoms with Gasteiger partial charge in [-0.2, -0.15) is 4.31 Å². The molecule has 8 nitrogen and oxygen atoms in total. The molecule has 0 spiro atoms. The lowest BCUT2D eigenvalue weighted by atomic mass is 10.1. The second-order valence-electron chi connectivity index (χ2n) is 7.92. The summed E-state index contributed by atoms with van der Waals surface area (Å²) in [6.45, 7) is 1.48. The number of nitrogens with zero attached hydrogens (tertiary/aromatic N) is 1. The van der Waals surface area contributed by atoms with Crippen LogP contribution in [0.1, 0.15) is 36.8 Å². The van der Waals surface area contributed by atoms with Crippen LogP contribution in [0.4, 0.5) is 0 Å². The van der Waals surface area contributed by atoms with Gasteiger partial charge >= 0.3 is 0 Å². The Morgan fingerprint density at radius 3 is 2.06 bits per heavy atom. The van der Waals surface area contributed by atoms with Crippen molar-refractivity contribution in [1.29, 1.82) is 0 Å². The van der Waals surface area contributed by atoms with Gasteiger partial charge < -0.3 is 19.5 Å². The van der Waals surface area contributed by atoms with Gasteiger partial charge in [0.2, 0.25) is 21.7 Å². The monoisotopic (exact) mass is 476 g/mol. The first kappa shape index (κ1) is 24.9. The van der Waals surface area contributed by atoms with Gasteiger partial charge in [0, 0.05) is 26.1 Å². The molecular weight excluding hydrogens is 444 g/mol. The van der Waals surface area contributed by atoms with Crippen LogP contribution in [0.25, 0.3) is 0 Å². The van der Waals surface area contributed by atoms with Crippen LogP contribution < -0.4 is 19.5 Å². The van der Waals surface area contributed by atoms with E-state index in [-0.39, 0.29) is 5.91 Å². The molecule has 0 unspecified atom stereocenters. The van der Waals surface area contributed by atoms with E-state index in [0.717, 1.165) is 30.4 Å². The van der Waals surface area contributed by atoms with E-state index in [1.807, 2.05) is 0 Å². The lowest BCUT2D eigenvalue weighted by molar-refractivity contribution is -0.121. The van der Waals surface area contributed by atoms with Crippen LogP contribution in [0, 0.1) is 0 Å². The second-order valence-corrected chi connectivity index (χ2v) is 9.86. The number of piperidine rings is 1. The van der Waals surface area contributed by atoms with Gasteiger partial charge in [-0.15, -0.1) is 0 Å². The van der Waals surface area contributed by atoms with Crippen molar-refractivity contribution in [3.8, 4) is 17.2 Å². The van der Waals surface area contributed by atoms with Gasteiger partial charge in [0.25, 0.3) is 0 Å². The topological polar surface area (TPSA) is 94.2 Å². The summed E-state index contributed by atoms with van der Waals surface area (Å²) in [5, 5.41) is 2.89. The van der Waals surface area contributed by atoms with E-state index in [2.05, 4.69) is 5.32 Å².